The summed E-state index contributed by atoms with van der Waals surface area (Å²) >= 11 is 0. The molecule has 118 valence electrons. The third-order valence-electron chi connectivity index (χ3n) is 2.82. The number of nitro benzene ring substituents is 1. The van der Waals surface area contributed by atoms with Crippen LogP contribution in [0.3, 0.4) is 0 Å². The van der Waals surface area contributed by atoms with Crippen molar-refractivity contribution in [2.24, 2.45) is 5.73 Å². The largest absolute Gasteiger partial charge is 0.514 e. The van der Waals surface area contributed by atoms with E-state index in [9.17, 15) is 19.7 Å². The van der Waals surface area contributed by atoms with E-state index in [1.54, 1.807) is 30.3 Å². The highest BCUT2D eigenvalue weighted by molar-refractivity contribution is 5.82. The predicted molar refractivity (Wildman–Crippen MR) is 78.6 cm³/mol. The van der Waals surface area contributed by atoms with Gasteiger partial charge in [-0.25, -0.2) is 4.79 Å². The number of nitro groups is 1. The molecule has 1 atom stereocenters. The number of amides is 1. The molecule has 0 aromatic heterocycles. The van der Waals surface area contributed by atoms with Crippen LogP contribution in [0.5, 0.6) is 5.75 Å². The summed E-state index contributed by atoms with van der Waals surface area (Å²) in [6.07, 6.45) is -2.44. The molecule has 0 heterocycles. The van der Waals surface area contributed by atoms with E-state index in [1.807, 2.05) is 0 Å². The van der Waals surface area contributed by atoms with Crippen molar-refractivity contribution < 1.29 is 24.0 Å². The van der Waals surface area contributed by atoms with Gasteiger partial charge in [-0.05, 0) is 12.1 Å². The van der Waals surface area contributed by atoms with Gasteiger partial charge in [-0.3, -0.25) is 14.9 Å². The van der Waals surface area contributed by atoms with Crippen molar-refractivity contribution in [3.63, 3.8) is 0 Å². The molecule has 0 aliphatic rings. The van der Waals surface area contributed by atoms with Crippen LogP contribution in [-0.4, -0.2) is 17.0 Å². The molecule has 1 unspecified atom stereocenters. The Bertz CT molecular complexity index is 715. The molecular formula is C15H12N2O6. The molecule has 23 heavy (non-hydrogen) atoms. The van der Waals surface area contributed by atoms with Gasteiger partial charge in [0, 0.05) is 17.7 Å². The predicted octanol–water partition coefficient (Wildman–Crippen LogP) is 2.34. The fourth-order valence-electron chi connectivity index (χ4n) is 1.77. The number of non-ortho nitro benzene ring substituents is 1. The summed E-state index contributed by atoms with van der Waals surface area (Å²) in [6, 6.07) is 13.0. The van der Waals surface area contributed by atoms with Gasteiger partial charge in [0.1, 0.15) is 5.75 Å². The Morgan fingerprint density at radius 2 is 1.65 bits per heavy atom. The summed E-state index contributed by atoms with van der Waals surface area (Å²) in [4.78, 5) is 33.1. The third-order valence-corrected chi connectivity index (χ3v) is 2.82. The summed E-state index contributed by atoms with van der Waals surface area (Å²) in [5, 5.41) is 10.5. The lowest BCUT2D eigenvalue weighted by Crippen LogP contribution is -2.27. The maximum absolute atomic E-state index is 11.7. The molecule has 2 N–H and O–H groups in total. The first-order chi connectivity index (χ1) is 11.0. The standard InChI is InChI=1S/C15H12N2O6/c16-14(18)13(10-4-2-1-3-5-10)23-15(19)22-12-8-6-11(7-9-12)17(20)21/h1-9,13H,(H2,16,18). The van der Waals surface area contributed by atoms with E-state index in [1.165, 1.54) is 24.3 Å². The average molecular weight is 316 g/mol. The number of hydrogen-bond acceptors (Lipinski definition) is 6. The highest BCUT2D eigenvalue weighted by atomic mass is 16.7. The minimum absolute atomic E-state index is 0.0388. The first-order valence-corrected chi connectivity index (χ1v) is 6.44. The number of nitrogens with two attached hydrogens (primary N) is 1. The van der Waals surface area contributed by atoms with E-state index in [-0.39, 0.29) is 11.4 Å². The molecular weight excluding hydrogens is 304 g/mol. The smallest absolute Gasteiger partial charge is 0.416 e. The van der Waals surface area contributed by atoms with Crippen LogP contribution in [-0.2, 0) is 9.53 Å². The second-order valence-electron chi connectivity index (χ2n) is 4.41. The van der Waals surface area contributed by atoms with Crippen molar-refractivity contribution in [2.75, 3.05) is 0 Å². The minimum atomic E-state index is -1.29. The van der Waals surface area contributed by atoms with Crippen LogP contribution in [0.25, 0.3) is 0 Å². The van der Waals surface area contributed by atoms with E-state index < -0.39 is 23.1 Å². The Kier molecular flexibility index (Phi) is 4.88. The van der Waals surface area contributed by atoms with Crippen LogP contribution >= 0.6 is 0 Å². The SMILES string of the molecule is NC(=O)C(OC(=O)Oc1ccc([N+](=O)[O-])cc1)c1ccccc1. The van der Waals surface area contributed by atoms with E-state index in [0.29, 0.717) is 5.56 Å². The van der Waals surface area contributed by atoms with Crippen LogP contribution in [0.15, 0.2) is 54.6 Å². The maximum Gasteiger partial charge on any atom is 0.514 e. The molecule has 0 saturated heterocycles. The second-order valence-corrected chi connectivity index (χ2v) is 4.41. The lowest BCUT2D eigenvalue weighted by atomic mass is 10.1. The van der Waals surface area contributed by atoms with Crippen LogP contribution in [0, 0.1) is 10.1 Å². The highest BCUT2D eigenvalue weighted by Crippen LogP contribution is 2.20. The molecule has 2 rings (SSSR count). The van der Waals surface area contributed by atoms with Gasteiger partial charge in [0.15, 0.2) is 0 Å². The quantitative estimate of drug-likeness (QED) is 0.391. The molecule has 0 bridgehead atoms. The number of carbonyl (C=O) groups excluding carboxylic acids is 2. The van der Waals surface area contributed by atoms with Gasteiger partial charge >= 0.3 is 6.16 Å². The van der Waals surface area contributed by atoms with Gasteiger partial charge in [-0.15, -0.1) is 0 Å². The van der Waals surface area contributed by atoms with Crippen LogP contribution < -0.4 is 10.5 Å². The Labute approximate surface area is 130 Å². The van der Waals surface area contributed by atoms with Crippen molar-refractivity contribution in [1.29, 1.82) is 0 Å². The van der Waals surface area contributed by atoms with Gasteiger partial charge < -0.3 is 15.2 Å². The van der Waals surface area contributed by atoms with Gasteiger partial charge in [-0.1, -0.05) is 30.3 Å². The summed E-state index contributed by atoms with van der Waals surface area (Å²) in [5.41, 5.74) is 5.47. The zero-order valence-electron chi connectivity index (χ0n) is 11.7. The minimum Gasteiger partial charge on any atom is -0.416 e. The summed E-state index contributed by atoms with van der Waals surface area (Å²) in [7, 11) is 0. The lowest BCUT2D eigenvalue weighted by molar-refractivity contribution is -0.384. The fraction of sp³-hybridized carbons (Fsp3) is 0.0667. The molecule has 0 radical (unpaired) electrons. The molecule has 0 spiro atoms. The van der Waals surface area contributed by atoms with Crippen molar-refractivity contribution in [1.82, 2.24) is 0 Å². The van der Waals surface area contributed by atoms with Crippen molar-refractivity contribution in [3.05, 3.63) is 70.3 Å². The number of hydrogen-bond donors (Lipinski definition) is 1. The third kappa shape index (κ3) is 4.27. The van der Waals surface area contributed by atoms with Crippen LogP contribution in [0.2, 0.25) is 0 Å². The molecule has 2 aromatic carbocycles. The van der Waals surface area contributed by atoms with E-state index >= 15 is 0 Å². The average Bonchev–Trinajstić information content (AvgIpc) is 2.53. The first kappa shape index (κ1) is 16.0. The second kappa shape index (κ2) is 7.03. The zero-order chi connectivity index (χ0) is 16.8. The Balaban J connectivity index is 2.05. The van der Waals surface area contributed by atoms with Gasteiger partial charge in [0.2, 0.25) is 6.10 Å². The molecule has 0 aliphatic heterocycles. The zero-order valence-corrected chi connectivity index (χ0v) is 11.7. The Morgan fingerprint density at radius 3 is 2.17 bits per heavy atom. The highest BCUT2D eigenvalue weighted by Gasteiger charge is 2.23. The number of carbonyl (C=O) groups is 2. The van der Waals surface area contributed by atoms with Crippen LogP contribution in [0.1, 0.15) is 11.7 Å². The van der Waals surface area contributed by atoms with E-state index in [0.717, 1.165) is 0 Å². The Morgan fingerprint density at radius 1 is 1.04 bits per heavy atom. The maximum atomic E-state index is 11.7. The summed E-state index contributed by atoms with van der Waals surface area (Å²) in [6.45, 7) is 0. The lowest BCUT2D eigenvalue weighted by Gasteiger charge is -2.14. The molecule has 8 heteroatoms. The van der Waals surface area contributed by atoms with Gasteiger partial charge in [0.25, 0.3) is 11.6 Å². The van der Waals surface area contributed by atoms with Gasteiger partial charge in [-0.2, -0.15) is 0 Å². The van der Waals surface area contributed by atoms with E-state index in [4.69, 9.17) is 15.2 Å². The van der Waals surface area contributed by atoms with Gasteiger partial charge in [0.05, 0.1) is 4.92 Å². The van der Waals surface area contributed by atoms with Crippen LogP contribution in [0.4, 0.5) is 10.5 Å². The number of rotatable bonds is 5. The molecule has 0 fully saturated rings. The molecule has 1 amide bonds. The normalized spacial score (nSPS) is 11.3. The van der Waals surface area contributed by atoms with E-state index in [2.05, 4.69) is 0 Å². The summed E-state index contributed by atoms with van der Waals surface area (Å²) in [5.74, 6) is -0.811. The summed E-state index contributed by atoms with van der Waals surface area (Å²) < 4.78 is 9.77. The number of nitrogens with zero attached hydrogens (tertiary/aromatic N) is 1. The molecule has 0 aliphatic carbocycles. The fourth-order valence-corrected chi connectivity index (χ4v) is 1.77. The first-order valence-electron chi connectivity index (χ1n) is 6.44. The monoisotopic (exact) mass is 316 g/mol. The number of ether oxygens (including phenoxy) is 2. The van der Waals surface area contributed by atoms with Crippen molar-refractivity contribution in [2.45, 2.75) is 6.10 Å². The molecule has 2 aromatic rings. The van der Waals surface area contributed by atoms with Crippen molar-refractivity contribution >= 4 is 17.7 Å². The topological polar surface area (TPSA) is 122 Å². The number of primary amides is 1. The number of benzene rings is 2. The molecule has 8 nitrogen and oxygen atoms in total. The molecule has 0 saturated carbocycles. The Hall–Kier alpha value is -3.42. The van der Waals surface area contributed by atoms with Crippen molar-refractivity contribution in [3.8, 4) is 5.75 Å².